The van der Waals surface area contributed by atoms with Crippen molar-refractivity contribution >= 4 is 18.0 Å². The molecule has 0 spiro atoms. The maximum absolute atomic E-state index is 13.9. The van der Waals surface area contributed by atoms with Gasteiger partial charge in [-0.3, -0.25) is 9.59 Å². The number of ether oxygens (including phenoxy) is 2. The molecule has 0 aromatic heterocycles. The van der Waals surface area contributed by atoms with Gasteiger partial charge in [0.25, 0.3) is 11.8 Å². The number of rotatable bonds is 10. The third-order valence-corrected chi connectivity index (χ3v) is 5.45. The molecule has 1 unspecified atom stereocenters. The van der Waals surface area contributed by atoms with Crippen molar-refractivity contribution in [3.63, 3.8) is 0 Å². The number of aryl methyl sites for hydroxylation is 1. The molecule has 2 N–H and O–H groups in total. The predicted molar refractivity (Wildman–Crippen MR) is 137 cm³/mol. The molecule has 0 heterocycles. The van der Waals surface area contributed by atoms with E-state index in [0.29, 0.717) is 23.7 Å². The molecule has 3 rings (SSSR count). The molecule has 0 aliphatic rings. The lowest BCUT2D eigenvalue weighted by Gasteiger charge is -2.20. The molecule has 0 aliphatic carbocycles. The summed E-state index contributed by atoms with van der Waals surface area (Å²) in [4.78, 5) is 25.1. The molecule has 0 saturated carbocycles. The van der Waals surface area contributed by atoms with Gasteiger partial charge in [0.05, 0.1) is 18.9 Å². The smallest absolute Gasteiger partial charge is 0.262 e. The Bertz CT molecular complexity index is 1230. The molecule has 0 saturated heterocycles. The Balaban J connectivity index is 1.61. The maximum atomic E-state index is 13.9. The number of hydrogen-bond donors (Lipinski definition) is 2. The number of amides is 2. The van der Waals surface area contributed by atoms with E-state index in [1.807, 2.05) is 31.2 Å². The van der Waals surface area contributed by atoms with Crippen LogP contribution in [0.25, 0.3) is 0 Å². The number of nitrogens with zero attached hydrogens (tertiary/aromatic N) is 1. The van der Waals surface area contributed by atoms with Crippen LogP contribution >= 0.6 is 0 Å². The van der Waals surface area contributed by atoms with Crippen molar-refractivity contribution in [1.29, 1.82) is 0 Å². The fourth-order valence-electron chi connectivity index (χ4n) is 3.37. The van der Waals surface area contributed by atoms with E-state index in [4.69, 9.17) is 9.47 Å². The molecule has 0 radical (unpaired) electrons. The number of halogens is 1. The van der Waals surface area contributed by atoms with Crippen LogP contribution in [0.3, 0.4) is 0 Å². The molecule has 0 aliphatic heterocycles. The Morgan fingerprint density at radius 1 is 1.03 bits per heavy atom. The van der Waals surface area contributed by atoms with Gasteiger partial charge in [-0.05, 0) is 54.3 Å². The Morgan fingerprint density at radius 3 is 2.42 bits per heavy atom. The minimum absolute atomic E-state index is 0.128. The van der Waals surface area contributed by atoms with Gasteiger partial charge < -0.3 is 14.8 Å². The lowest BCUT2D eigenvalue weighted by atomic mass is 10.0. The molecule has 8 heteroatoms. The standard InChI is InChI=1S/C28H30FN3O4/c1-18(2)26(31-27(33)22-7-5-6-8-23(22)29)28(34)32-30-16-21-13-14-24(25(15-21)35-4)36-17-20-11-9-19(3)10-12-20/h5-16,18,26H,17H2,1-4H3,(H,31,33)(H,32,34)/b30-16+. The van der Waals surface area contributed by atoms with Gasteiger partial charge in [-0.2, -0.15) is 5.10 Å². The van der Waals surface area contributed by atoms with Crippen molar-refractivity contribution in [2.75, 3.05) is 7.11 Å². The second kappa shape index (κ2) is 12.5. The molecule has 0 fully saturated rings. The second-order valence-electron chi connectivity index (χ2n) is 8.59. The van der Waals surface area contributed by atoms with E-state index in [0.717, 1.165) is 5.56 Å². The van der Waals surface area contributed by atoms with Gasteiger partial charge in [-0.25, -0.2) is 9.82 Å². The fraction of sp³-hybridized carbons (Fsp3) is 0.250. The highest BCUT2D eigenvalue weighted by atomic mass is 19.1. The van der Waals surface area contributed by atoms with Gasteiger partial charge in [-0.15, -0.1) is 0 Å². The highest BCUT2D eigenvalue weighted by Gasteiger charge is 2.25. The van der Waals surface area contributed by atoms with Crippen LogP contribution in [0.4, 0.5) is 4.39 Å². The van der Waals surface area contributed by atoms with Crippen LogP contribution in [0.2, 0.25) is 0 Å². The van der Waals surface area contributed by atoms with E-state index in [1.54, 1.807) is 45.2 Å². The number of nitrogens with one attached hydrogen (secondary N) is 2. The van der Waals surface area contributed by atoms with Gasteiger partial charge in [0, 0.05) is 0 Å². The highest BCUT2D eigenvalue weighted by Crippen LogP contribution is 2.28. The molecule has 3 aromatic rings. The first kappa shape index (κ1) is 26.4. The summed E-state index contributed by atoms with van der Waals surface area (Å²) in [6.07, 6.45) is 1.46. The first-order chi connectivity index (χ1) is 17.3. The van der Waals surface area contributed by atoms with Gasteiger partial charge in [0.15, 0.2) is 11.5 Å². The quantitative estimate of drug-likeness (QED) is 0.320. The van der Waals surface area contributed by atoms with Gasteiger partial charge in [0.2, 0.25) is 0 Å². The van der Waals surface area contributed by atoms with Crippen LogP contribution in [0.15, 0.2) is 71.8 Å². The molecular formula is C28H30FN3O4. The van der Waals surface area contributed by atoms with Crippen molar-refractivity contribution in [2.24, 2.45) is 11.0 Å². The summed E-state index contributed by atoms with van der Waals surface area (Å²) < 4.78 is 25.2. The predicted octanol–water partition coefficient (Wildman–Crippen LogP) is 4.63. The third kappa shape index (κ3) is 7.15. The molecule has 3 aromatic carbocycles. The third-order valence-electron chi connectivity index (χ3n) is 5.45. The van der Waals surface area contributed by atoms with Crippen molar-refractivity contribution in [2.45, 2.75) is 33.4 Å². The maximum Gasteiger partial charge on any atom is 0.262 e. The number of carbonyl (C=O) groups is 2. The summed E-state index contributed by atoms with van der Waals surface area (Å²) in [6.45, 7) is 5.97. The number of hydrazone groups is 1. The van der Waals surface area contributed by atoms with Crippen LogP contribution in [0.1, 0.15) is 40.9 Å². The van der Waals surface area contributed by atoms with Gasteiger partial charge in [0.1, 0.15) is 18.5 Å². The molecular weight excluding hydrogens is 461 g/mol. The van der Waals surface area contributed by atoms with Crippen molar-refractivity contribution in [1.82, 2.24) is 10.7 Å². The zero-order valence-electron chi connectivity index (χ0n) is 20.7. The van der Waals surface area contributed by atoms with E-state index in [2.05, 4.69) is 15.8 Å². The number of carbonyl (C=O) groups excluding carboxylic acids is 2. The topological polar surface area (TPSA) is 89.0 Å². The molecule has 188 valence electrons. The van der Waals surface area contributed by atoms with Crippen LogP contribution in [-0.2, 0) is 11.4 Å². The summed E-state index contributed by atoms with van der Waals surface area (Å²) >= 11 is 0. The van der Waals surface area contributed by atoms with Gasteiger partial charge >= 0.3 is 0 Å². The highest BCUT2D eigenvalue weighted by molar-refractivity contribution is 5.98. The minimum Gasteiger partial charge on any atom is -0.493 e. The van der Waals surface area contributed by atoms with Crippen molar-refractivity contribution in [3.05, 3.63) is 94.8 Å². The average molecular weight is 492 g/mol. The Morgan fingerprint density at radius 2 is 1.75 bits per heavy atom. The van der Waals surface area contributed by atoms with Crippen molar-refractivity contribution < 1.29 is 23.5 Å². The largest absolute Gasteiger partial charge is 0.493 e. The second-order valence-corrected chi connectivity index (χ2v) is 8.59. The monoisotopic (exact) mass is 491 g/mol. The normalized spacial score (nSPS) is 11.8. The van der Waals surface area contributed by atoms with E-state index < -0.39 is 23.7 Å². The average Bonchev–Trinajstić information content (AvgIpc) is 2.87. The summed E-state index contributed by atoms with van der Waals surface area (Å²) in [5.41, 5.74) is 5.20. The van der Waals surface area contributed by atoms with Gasteiger partial charge in [-0.1, -0.05) is 55.8 Å². The number of methoxy groups -OCH3 is 1. The Labute approximate surface area is 210 Å². The summed E-state index contributed by atoms with van der Waals surface area (Å²) in [5.74, 6) is -0.991. The van der Waals surface area contributed by atoms with E-state index in [9.17, 15) is 14.0 Å². The molecule has 2 amide bonds. The first-order valence-corrected chi connectivity index (χ1v) is 11.5. The summed E-state index contributed by atoms with van der Waals surface area (Å²) in [7, 11) is 1.54. The number of benzene rings is 3. The zero-order chi connectivity index (χ0) is 26.1. The minimum atomic E-state index is -0.902. The summed E-state index contributed by atoms with van der Waals surface area (Å²) in [6, 6.07) is 18.1. The van der Waals surface area contributed by atoms with Crippen LogP contribution in [-0.4, -0.2) is 31.2 Å². The fourth-order valence-corrected chi connectivity index (χ4v) is 3.37. The Kier molecular flexibility index (Phi) is 9.16. The SMILES string of the molecule is COc1cc(/C=N/NC(=O)C(NC(=O)c2ccccc2F)C(C)C)ccc1OCc1ccc(C)cc1. The van der Waals surface area contributed by atoms with E-state index in [1.165, 1.54) is 30.0 Å². The van der Waals surface area contributed by atoms with Crippen molar-refractivity contribution in [3.8, 4) is 11.5 Å². The molecule has 1 atom stereocenters. The van der Waals surface area contributed by atoms with Crippen LogP contribution < -0.4 is 20.2 Å². The van der Waals surface area contributed by atoms with Crippen LogP contribution in [0, 0.1) is 18.7 Å². The van der Waals surface area contributed by atoms with E-state index in [-0.39, 0.29) is 11.5 Å². The first-order valence-electron chi connectivity index (χ1n) is 11.5. The molecule has 36 heavy (non-hydrogen) atoms. The van der Waals surface area contributed by atoms with Crippen LogP contribution in [0.5, 0.6) is 11.5 Å². The summed E-state index contributed by atoms with van der Waals surface area (Å²) in [5, 5.41) is 6.58. The lowest BCUT2D eigenvalue weighted by Crippen LogP contribution is -2.48. The van der Waals surface area contributed by atoms with E-state index >= 15 is 0 Å². The molecule has 7 nitrogen and oxygen atoms in total. The Hall–Kier alpha value is -4.20. The zero-order valence-corrected chi connectivity index (χ0v) is 20.7. The molecule has 0 bridgehead atoms. The number of hydrogen-bond acceptors (Lipinski definition) is 5. The lowest BCUT2D eigenvalue weighted by molar-refractivity contribution is -0.123.